The highest BCUT2D eigenvalue weighted by Crippen LogP contribution is 2.15. The normalized spacial score (nSPS) is 13.1. The van der Waals surface area contributed by atoms with Gasteiger partial charge < -0.3 is 15.0 Å². The van der Waals surface area contributed by atoms with Crippen LogP contribution in [0.15, 0.2) is 21.7 Å². The summed E-state index contributed by atoms with van der Waals surface area (Å²) in [6, 6.07) is 2.38. The average molecular weight is 320 g/mol. The zero-order chi connectivity index (χ0) is 13.7. The van der Waals surface area contributed by atoms with Crippen LogP contribution in [0.3, 0.4) is 0 Å². The van der Waals surface area contributed by atoms with Crippen molar-refractivity contribution in [1.82, 2.24) is 0 Å². The Morgan fingerprint density at radius 1 is 1.72 bits per heavy atom. The van der Waals surface area contributed by atoms with Crippen LogP contribution in [0.2, 0.25) is 0 Å². The van der Waals surface area contributed by atoms with Crippen molar-refractivity contribution in [2.45, 2.75) is 18.2 Å². The van der Waals surface area contributed by atoms with Gasteiger partial charge in [0.2, 0.25) is 5.84 Å². The maximum atomic E-state index is 11.3. The lowest BCUT2D eigenvalue weighted by Crippen LogP contribution is -2.18. The molecule has 18 heavy (non-hydrogen) atoms. The number of rotatable bonds is 5. The van der Waals surface area contributed by atoms with Crippen LogP contribution in [0.5, 0.6) is 0 Å². The predicted molar refractivity (Wildman–Crippen MR) is 65.2 cm³/mol. The van der Waals surface area contributed by atoms with E-state index in [-0.39, 0.29) is 11.6 Å². The average Bonchev–Trinajstić information content (AvgIpc) is 2.84. The topological polar surface area (TPSA) is 121 Å². The van der Waals surface area contributed by atoms with E-state index in [9.17, 15) is 14.9 Å². The summed E-state index contributed by atoms with van der Waals surface area (Å²) >= 11 is 3.07. The first kappa shape index (κ1) is 14.2. The molecule has 0 fully saturated rings. The lowest BCUT2D eigenvalue weighted by atomic mass is 10.3. The highest BCUT2D eigenvalue weighted by Gasteiger charge is 2.17. The van der Waals surface area contributed by atoms with Gasteiger partial charge in [0.15, 0.2) is 5.76 Å². The molecule has 8 nitrogen and oxygen atoms in total. The van der Waals surface area contributed by atoms with Crippen molar-refractivity contribution in [3.8, 4) is 0 Å². The van der Waals surface area contributed by atoms with E-state index in [0.717, 1.165) is 6.07 Å². The van der Waals surface area contributed by atoms with Crippen LogP contribution in [0.1, 0.15) is 19.1 Å². The minimum Gasteiger partial charge on any atom is -0.397 e. The number of hydrogen-bond acceptors (Lipinski definition) is 6. The van der Waals surface area contributed by atoms with Gasteiger partial charge >= 0.3 is 11.9 Å². The van der Waals surface area contributed by atoms with Gasteiger partial charge in [0.25, 0.3) is 0 Å². The highest BCUT2D eigenvalue weighted by molar-refractivity contribution is 9.10. The number of amidine groups is 1. The molecular formula is C9H10BrN3O5. The van der Waals surface area contributed by atoms with Crippen LogP contribution in [0.25, 0.3) is 0 Å². The third-order valence-corrected chi connectivity index (χ3v) is 2.89. The minimum absolute atomic E-state index is 0.0443. The number of oxime groups is 1. The number of nitro groups is 1. The molecule has 1 rings (SSSR count). The summed E-state index contributed by atoms with van der Waals surface area (Å²) in [5, 5.41) is 13.7. The second kappa shape index (κ2) is 6.15. The van der Waals surface area contributed by atoms with Gasteiger partial charge in [-0.25, -0.2) is 4.79 Å². The second-order valence-electron chi connectivity index (χ2n) is 3.16. The zero-order valence-corrected chi connectivity index (χ0v) is 10.9. The van der Waals surface area contributed by atoms with Crippen molar-refractivity contribution in [3.05, 3.63) is 28.0 Å². The van der Waals surface area contributed by atoms with Gasteiger partial charge in [-0.3, -0.25) is 10.1 Å². The molecule has 0 spiro atoms. The smallest absolute Gasteiger partial charge is 0.397 e. The Morgan fingerprint density at radius 2 is 2.39 bits per heavy atom. The molecule has 1 heterocycles. The van der Waals surface area contributed by atoms with E-state index in [2.05, 4.69) is 25.9 Å². The van der Waals surface area contributed by atoms with Crippen LogP contribution in [-0.2, 0) is 9.63 Å². The molecule has 0 aliphatic heterocycles. The second-order valence-corrected chi connectivity index (χ2v) is 4.26. The van der Waals surface area contributed by atoms with Crippen molar-refractivity contribution >= 4 is 33.6 Å². The molecule has 0 bridgehead atoms. The third-order valence-electron chi connectivity index (χ3n) is 1.87. The van der Waals surface area contributed by atoms with Gasteiger partial charge in [-0.15, -0.1) is 0 Å². The summed E-state index contributed by atoms with van der Waals surface area (Å²) in [4.78, 5) is 25.0. The molecule has 0 saturated heterocycles. The lowest BCUT2D eigenvalue weighted by molar-refractivity contribution is -0.402. The van der Waals surface area contributed by atoms with Gasteiger partial charge in [0.1, 0.15) is 9.75 Å². The molecule has 1 unspecified atom stereocenters. The highest BCUT2D eigenvalue weighted by atomic mass is 79.9. The molecule has 1 atom stereocenters. The molecule has 0 amide bonds. The van der Waals surface area contributed by atoms with Crippen molar-refractivity contribution in [2.24, 2.45) is 10.9 Å². The number of nitrogens with two attached hydrogens (primary N) is 1. The summed E-state index contributed by atoms with van der Waals surface area (Å²) in [6.45, 7) is 1.78. The lowest BCUT2D eigenvalue weighted by Gasteiger charge is -2.02. The van der Waals surface area contributed by atoms with Gasteiger partial charge in [-0.2, -0.15) is 0 Å². The molecule has 1 aromatic rings. The van der Waals surface area contributed by atoms with E-state index < -0.39 is 21.6 Å². The van der Waals surface area contributed by atoms with Crippen LogP contribution < -0.4 is 5.73 Å². The summed E-state index contributed by atoms with van der Waals surface area (Å²) in [7, 11) is 0. The fourth-order valence-corrected chi connectivity index (χ4v) is 1.01. The number of carbonyl (C=O) groups is 1. The monoisotopic (exact) mass is 319 g/mol. The van der Waals surface area contributed by atoms with E-state index in [1.54, 1.807) is 6.92 Å². The van der Waals surface area contributed by atoms with Crippen LogP contribution in [0, 0.1) is 10.1 Å². The van der Waals surface area contributed by atoms with Crippen molar-refractivity contribution in [3.63, 3.8) is 0 Å². The first-order valence-corrected chi connectivity index (χ1v) is 5.80. The van der Waals surface area contributed by atoms with Gasteiger partial charge in [-0.1, -0.05) is 28.0 Å². The molecule has 2 N–H and O–H groups in total. The molecule has 9 heteroatoms. The molecular weight excluding hydrogens is 310 g/mol. The Balaban J connectivity index is 2.71. The number of alkyl halides is 1. The van der Waals surface area contributed by atoms with Crippen molar-refractivity contribution in [2.75, 3.05) is 0 Å². The van der Waals surface area contributed by atoms with Gasteiger partial charge in [-0.05, 0) is 12.5 Å². The first-order valence-electron chi connectivity index (χ1n) is 4.88. The molecule has 0 aromatic carbocycles. The number of hydrogen-bond donors (Lipinski definition) is 1. The Bertz CT molecular complexity index is 484. The van der Waals surface area contributed by atoms with E-state index in [0.29, 0.717) is 6.42 Å². The summed E-state index contributed by atoms with van der Waals surface area (Å²) < 4.78 is 4.77. The van der Waals surface area contributed by atoms with E-state index >= 15 is 0 Å². The summed E-state index contributed by atoms with van der Waals surface area (Å²) in [5.74, 6) is -1.38. The Labute approximate surface area is 110 Å². The number of furan rings is 1. The number of halogens is 1. The Hall–Kier alpha value is -1.90. The Morgan fingerprint density at radius 3 is 2.89 bits per heavy atom. The van der Waals surface area contributed by atoms with Crippen LogP contribution in [0.4, 0.5) is 5.88 Å². The summed E-state index contributed by atoms with van der Waals surface area (Å²) in [5.41, 5.74) is 5.44. The fourth-order valence-electron chi connectivity index (χ4n) is 0.926. The van der Waals surface area contributed by atoms with Crippen LogP contribution in [-0.4, -0.2) is 21.6 Å². The van der Waals surface area contributed by atoms with Gasteiger partial charge in [0, 0.05) is 0 Å². The molecule has 98 valence electrons. The zero-order valence-electron chi connectivity index (χ0n) is 9.33. The standard InChI is InChI=1S/C9H10BrN3O5/c1-2-5(10)9(14)18-12-8(11)6-3-4-7(17-6)13(15)16/h3-5H,2H2,1H3,(H2,11,12). The third kappa shape index (κ3) is 3.55. The molecule has 0 radical (unpaired) electrons. The molecule has 1 aromatic heterocycles. The quantitative estimate of drug-likeness (QED) is 0.219. The maximum absolute atomic E-state index is 11.3. The largest absolute Gasteiger partial charge is 0.433 e. The van der Waals surface area contributed by atoms with E-state index in [4.69, 9.17) is 10.2 Å². The summed E-state index contributed by atoms with van der Waals surface area (Å²) in [6.07, 6.45) is 0.528. The molecule has 0 aliphatic carbocycles. The number of nitrogens with zero attached hydrogens (tertiary/aromatic N) is 2. The predicted octanol–water partition coefficient (Wildman–Crippen LogP) is 1.52. The minimum atomic E-state index is -0.714. The van der Waals surface area contributed by atoms with E-state index in [1.807, 2.05) is 0 Å². The van der Waals surface area contributed by atoms with Crippen LogP contribution >= 0.6 is 15.9 Å². The fraction of sp³-hybridized carbons (Fsp3) is 0.333. The van der Waals surface area contributed by atoms with Gasteiger partial charge in [0.05, 0.1) is 6.07 Å². The molecule has 0 saturated carbocycles. The maximum Gasteiger partial charge on any atom is 0.433 e. The Kier molecular flexibility index (Phi) is 4.84. The first-order chi connectivity index (χ1) is 8.45. The van der Waals surface area contributed by atoms with Crippen molar-refractivity contribution < 1.29 is 19.0 Å². The number of carbonyl (C=O) groups excluding carboxylic acids is 1. The SMILES string of the molecule is CCC(Br)C(=O)O/N=C(\N)c1ccc([N+](=O)[O-])o1. The molecule has 0 aliphatic rings. The van der Waals surface area contributed by atoms with E-state index in [1.165, 1.54) is 6.07 Å². The van der Waals surface area contributed by atoms with Crippen molar-refractivity contribution in [1.29, 1.82) is 0 Å².